The molecule has 1 aromatic rings. The maximum Gasteiger partial charge on any atom is 0.222 e. The van der Waals surface area contributed by atoms with Crippen LogP contribution in [0.3, 0.4) is 0 Å². The molecule has 1 atom stereocenters. The number of benzene rings is 1. The van der Waals surface area contributed by atoms with Gasteiger partial charge in [-0.3, -0.25) is 9.79 Å². The Morgan fingerprint density at radius 1 is 1.13 bits per heavy atom. The number of aliphatic imine (C=N–C) groups is 1. The van der Waals surface area contributed by atoms with Gasteiger partial charge in [0.25, 0.3) is 0 Å². The molecule has 6 nitrogen and oxygen atoms in total. The SMILES string of the molecule is CCNC(=NCCCCN1CCC(Cc2ccccc2)CC1)NC1CCC(=O)N(C)C1. The molecular weight excluding hydrogens is 386 g/mol. The summed E-state index contributed by atoms with van der Waals surface area (Å²) < 4.78 is 0. The standard InChI is InChI=1S/C25H41N5O/c1-3-26-25(28-23-11-12-24(31)29(2)20-23)27-15-7-8-16-30-17-13-22(14-18-30)19-21-9-5-4-6-10-21/h4-6,9-10,22-23H,3,7-8,11-20H2,1-2H3,(H2,26,27,28). The molecule has 2 saturated heterocycles. The van der Waals surface area contributed by atoms with E-state index in [1.54, 1.807) is 0 Å². The van der Waals surface area contributed by atoms with Crippen molar-refractivity contribution in [3.63, 3.8) is 0 Å². The molecule has 2 aliphatic rings. The Morgan fingerprint density at radius 3 is 2.61 bits per heavy atom. The van der Waals surface area contributed by atoms with Gasteiger partial charge in [-0.15, -0.1) is 0 Å². The van der Waals surface area contributed by atoms with E-state index in [1.807, 2.05) is 11.9 Å². The number of rotatable bonds is 9. The highest BCUT2D eigenvalue weighted by molar-refractivity contribution is 5.81. The van der Waals surface area contributed by atoms with Crippen molar-refractivity contribution in [2.45, 2.75) is 57.9 Å². The molecule has 6 heteroatoms. The number of likely N-dealkylation sites (tertiary alicyclic amines) is 2. The van der Waals surface area contributed by atoms with Crippen LogP contribution in [0, 0.1) is 5.92 Å². The number of hydrogen-bond donors (Lipinski definition) is 2. The summed E-state index contributed by atoms with van der Waals surface area (Å²) in [6.07, 6.45) is 7.69. The van der Waals surface area contributed by atoms with E-state index in [0.717, 1.165) is 44.4 Å². The Kier molecular flexibility index (Phi) is 9.66. The van der Waals surface area contributed by atoms with E-state index in [0.29, 0.717) is 6.42 Å². The van der Waals surface area contributed by atoms with Crippen LogP contribution in [0.5, 0.6) is 0 Å². The third-order valence-electron chi connectivity index (χ3n) is 6.54. The van der Waals surface area contributed by atoms with Crippen molar-refractivity contribution in [1.29, 1.82) is 0 Å². The average molecular weight is 428 g/mol. The molecule has 3 rings (SSSR count). The second-order valence-electron chi connectivity index (χ2n) is 9.10. The molecular formula is C25H41N5O. The van der Waals surface area contributed by atoms with Crippen LogP contribution >= 0.6 is 0 Å². The first-order chi connectivity index (χ1) is 15.1. The first kappa shape index (κ1) is 23.6. The van der Waals surface area contributed by atoms with E-state index in [1.165, 1.54) is 50.9 Å². The second-order valence-corrected chi connectivity index (χ2v) is 9.10. The van der Waals surface area contributed by atoms with Gasteiger partial charge in [0, 0.05) is 39.1 Å². The number of amides is 1. The van der Waals surface area contributed by atoms with E-state index < -0.39 is 0 Å². The number of piperidine rings is 2. The second kappa shape index (κ2) is 12.7. The molecule has 1 aromatic carbocycles. The molecule has 172 valence electrons. The van der Waals surface area contributed by atoms with E-state index >= 15 is 0 Å². The molecule has 1 amide bonds. The fourth-order valence-electron chi connectivity index (χ4n) is 4.64. The maximum absolute atomic E-state index is 11.7. The molecule has 2 fully saturated rings. The maximum atomic E-state index is 11.7. The van der Waals surface area contributed by atoms with Gasteiger partial charge in [-0.05, 0) is 76.6 Å². The van der Waals surface area contributed by atoms with Gasteiger partial charge in [-0.2, -0.15) is 0 Å². The van der Waals surface area contributed by atoms with Gasteiger partial charge in [0.15, 0.2) is 5.96 Å². The Morgan fingerprint density at radius 2 is 1.90 bits per heavy atom. The van der Waals surface area contributed by atoms with E-state index in [4.69, 9.17) is 4.99 Å². The molecule has 0 spiro atoms. The number of guanidine groups is 1. The van der Waals surface area contributed by atoms with Crippen LogP contribution in [0.25, 0.3) is 0 Å². The summed E-state index contributed by atoms with van der Waals surface area (Å²) in [5, 5.41) is 6.85. The van der Waals surface area contributed by atoms with Crippen LogP contribution in [0.4, 0.5) is 0 Å². The van der Waals surface area contributed by atoms with Gasteiger partial charge in [0.1, 0.15) is 0 Å². The van der Waals surface area contributed by atoms with Crippen molar-refractivity contribution in [2.24, 2.45) is 10.9 Å². The monoisotopic (exact) mass is 427 g/mol. The highest BCUT2D eigenvalue weighted by Gasteiger charge is 2.23. The molecule has 0 bridgehead atoms. The van der Waals surface area contributed by atoms with Crippen LogP contribution < -0.4 is 10.6 Å². The summed E-state index contributed by atoms with van der Waals surface area (Å²) in [5.74, 6) is 1.96. The minimum atomic E-state index is 0.240. The topological polar surface area (TPSA) is 60.0 Å². The summed E-state index contributed by atoms with van der Waals surface area (Å²) in [7, 11) is 1.88. The first-order valence-electron chi connectivity index (χ1n) is 12.2. The molecule has 2 N–H and O–H groups in total. The average Bonchev–Trinajstić information content (AvgIpc) is 2.78. The van der Waals surface area contributed by atoms with Crippen molar-refractivity contribution in [3.05, 3.63) is 35.9 Å². The molecule has 0 radical (unpaired) electrons. The van der Waals surface area contributed by atoms with Crippen LogP contribution in [-0.2, 0) is 11.2 Å². The fourth-order valence-corrected chi connectivity index (χ4v) is 4.64. The third-order valence-corrected chi connectivity index (χ3v) is 6.54. The smallest absolute Gasteiger partial charge is 0.222 e. The Labute approximate surface area is 188 Å². The van der Waals surface area contributed by atoms with Crippen molar-refractivity contribution < 1.29 is 4.79 Å². The van der Waals surface area contributed by atoms with Gasteiger partial charge in [-0.25, -0.2) is 0 Å². The van der Waals surface area contributed by atoms with Crippen LogP contribution in [-0.4, -0.2) is 74.0 Å². The van der Waals surface area contributed by atoms with Crippen LogP contribution in [0.2, 0.25) is 0 Å². The minimum Gasteiger partial charge on any atom is -0.357 e. The summed E-state index contributed by atoms with van der Waals surface area (Å²) in [4.78, 5) is 20.9. The van der Waals surface area contributed by atoms with Crippen molar-refractivity contribution in [1.82, 2.24) is 20.4 Å². The van der Waals surface area contributed by atoms with Crippen LogP contribution in [0.15, 0.2) is 35.3 Å². The molecule has 1 unspecified atom stereocenters. The van der Waals surface area contributed by atoms with Gasteiger partial charge in [-0.1, -0.05) is 30.3 Å². The van der Waals surface area contributed by atoms with Gasteiger partial charge < -0.3 is 20.4 Å². The summed E-state index contributed by atoms with van der Waals surface area (Å²) >= 11 is 0. The lowest BCUT2D eigenvalue weighted by atomic mass is 9.90. The number of hydrogen-bond acceptors (Lipinski definition) is 3. The summed E-state index contributed by atoms with van der Waals surface area (Å²) in [5.41, 5.74) is 1.48. The Bertz CT molecular complexity index is 684. The largest absolute Gasteiger partial charge is 0.357 e. The zero-order valence-corrected chi connectivity index (χ0v) is 19.5. The normalized spacial score (nSPS) is 21.4. The Balaban J connectivity index is 1.30. The number of unbranched alkanes of at least 4 members (excludes halogenated alkanes) is 1. The number of carbonyl (C=O) groups is 1. The quantitative estimate of drug-likeness (QED) is 0.361. The van der Waals surface area contributed by atoms with Crippen LogP contribution in [0.1, 0.15) is 51.0 Å². The number of likely N-dealkylation sites (N-methyl/N-ethyl adjacent to an activating group) is 1. The minimum absolute atomic E-state index is 0.240. The molecule has 2 heterocycles. The molecule has 0 aromatic heterocycles. The Hall–Kier alpha value is -2.08. The summed E-state index contributed by atoms with van der Waals surface area (Å²) in [6.45, 7) is 8.20. The van der Waals surface area contributed by atoms with Gasteiger partial charge >= 0.3 is 0 Å². The first-order valence-corrected chi connectivity index (χ1v) is 12.2. The predicted octanol–water partition coefficient (Wildman–Crippen LogP) is 2.90. The highest BCUT2D eigenvalue weighted by Crippen LogP contribution is 2.21. The van der Waals surface area contributed by atoms with E-state index in [9.17, 15) is 4.79 Å². The predicted molar refractivity (Wildman–Crippen MR) is 128 cm³/mol. The zero-order chi connectivity index (χ0) is 21.9. The lowest BCUT2D eigenvalue weighted by Gasteiger charge is -2.32. The number of nitrogens with zero attached hydrogens (tertiary/aromatic N) is 3. The van der Waals surface area contributed by atoms with E-state index in [-0.39, 0.29) is 11.9 Å². The van der Waals surface area contributed by atoms with Crippen molar-refractivity contribution in [3.8, 4) is 0 Å². The lowest BCUT2D eigenvalue weighted by molar-refractivity contribution is -0.132. The number of nitrogens with one attached hydrogen (secondary N) is 2. The van der Waals surface area contributed by atoms with Gasteiger partial charge in [0.05, 0.1) is 0 Å². The summed E-state index contributed by atoms with van der Waals surface area (Å²) in [6, 6.07) is 11.2. The molecule has 0 aliphatic carbocycles. The fraction of sp³-hybridized carbons (Fsp3) is 0.680. The third kappa shape index (κ3) is 8.17. The highest BCUT2D eigenvalue weighted by atomic mass is 16.2. The molecule has 0 saturated carbocycles. The van der Waals surface area contributed by atoms with Crippen molar-refractivity contribution >= 4 is 11.9 Å². The van der Waals surface area contributed by atoms with Crippen molar-refractivity contribution in [2.75, 3.05) is 46.3 Å². The zero-order valence-electron chi connectivity index (χ0n) is 19.5. The molecule has 31 heavy (non-hydrogen) atoms. The van der Waals surface area contributed by atoms with Gasteiger partial charge in [0.2, 0.25) is 5.91 Å². The lowest BCUT2D eigenvalue weighted by Crippen LogP contribution is -2.51. The van der Waals surface area contributed by atoms with E-state index in [2.05, 4.69) is 52.8 Å². The number of carbonyl (C=O) groups excluding carboxylic acids is 1. The molecule has 2 aliphatic heterocycles.